The van der Waals surface area contributed by atoms with E-state index < -0.39 is 6.17 Å². The zero-order valence-corrected chi connectivity index (χ0v) is 23.3. The number of ether oxygens (including phenoxy) is 1. The Labute approximate surface area is 227 Å². The molecule has 1 N–H and O–H groups in total. The Bertz CT molecular complexity index is 1150. The van der Waals surface area contributed by atoms with E-state index in [0.717, 1.165) is 86.1 Å². The zero-order valence-electron chi connectivity index (χ0n) is 23.3. The number of piperidine rings is 2. The molecule has 1 aromatic carbocycles. The van der Waals surface area contributed by atoms with Gasteiger partial charge in [0.15, 0.2) is 0 Å². The number of halogens is 1. The van der Waals surface area contributed by atoms with Crippen LogP contribution < -0.4 is 15.0 Å². The molecule has 3 aliphatic rings. The smallest absolute Gasteiger partial charge is 0.227 e. The van der Waals surface area contributed by atoms with Crippen molar-refractivity contribution in [3.63, 3.8) is 0 Å². The first kappa shape index (κ1) is 27.0. The highest BCUT2D eigenvalue weighted by Crippen LogP contribution is 2.32. The molecule has 4 heterocycles. The Morgan fingerprint density at radius 3 is 2.53 bits per heavy atom. The van der Waals surface area contributed by atoms with E-state index >= 15 is 0 Å². The van der Waals surface area contributed by atoms with Crippen LogP contribution in [0.3, 0.4) is 0 Å². The van der Waals surface area contributed by atoms with E-state index in [1.165, 1.54) is 19.3 Å². The van der Waals surface area contributed by atoms with Crippen LogP contribution in [0.1, 0.15) is 64.4 Å². The summed E-state index contributed by atoms with van der Waals surface area (Å²) in [5.41, 5.74) is 1.73. The molecule has 5 rings (SSSR count). The summed E-state index contributed by atoms with van der Waals surface area (Å²) in [6, 6.07) is 5.06. The fourth-order valence-corrected chi connectivity index (χ4v) is 5.87. The van der Waals surface area contributed by atoms with E-state index in [9.17, 15) is 4.39 Å². The number of alkyl halides is 1. The maximum atomic E-state index is 13.5. The lowest BCUT2D eigenvalue weighted by molar-refractivity contribution is 0.177. The van der Waals surface area contributed by atoms with E-state index in [4.69, 9.17) is 14.7 Å². The molecule has 3 aliphatic heterocycles. The Kier molecular flexibility index (Phi) is 8.86. The van der Waals surface area contributed by atoms with Crippen LogP contribution in [0.15, 0.2) is 12.1 Å². The highest BCUT2D eigenvalue weighted by atomic mass is 19.1. The van der Waals surface area contributed by atoms with Gasteiger partial charge in [-0.1, -0.05) is 11.8 Å². The predicted octanol–water partition coefficient (Wildman–Crippen LogP) is 4.70. The number of hydrogen-bond donors (Lipinski definition) is 1. The number of fused-ring (bicyclic) bond motifs is 1. The third-order valence-electron chi connectivity index (χ3n) is 8.24. The fourth-order valence-electron chi connectivity index (χ4n) is 5.87. The van der Waals surface area contributed by atoms with Gasteiger partial charge in [0.1, 0.15) is 17.7 Å². The first-order valence-electron chi connectivity index (χ1n) is 14.5. The second-order valence-corrected chi connectivity index (χ2v) is 11.3. The average molecular weight is 523 g/mol. The van der Waals surface area contributed by atoms with Crippen LogP contribution in [0, 0.1) is 11.8 Å². The molecule has 38 heavy (non-hydrogen) atoms. The lowest BCUT2D eigenvalue weighted by atomic mass is 10.0. The normalized spacial score (nSPS) is 21.6. The molecular formula is C30H43FN6O. The van der Waals surface area contributed by atoms with Crippen LogP contribution in [0.4, 0.5) is 16.2 Å². The number of nitrogens with one attached hydrogen (secondary N) is 1. The Hall–Kier alpha value is -2.63. The summed E-state index contributed by atoms with van der Waals surface area (Å²) in [4.78, 5) is 17.1. The fraction of sp³-hybridized carbons (Fsp3) is 0.667. The number of hydrogen-bond acceptors (Lipinski definition) is 7. The lowest BCUT2D eigenvalue weighted by Crippen LogP contribution is -2.42. The van der Waals surface area contributed by atoms with Crippen LogP contribution >= 0.6 is 0 Å². The average Bonchev–Trinajstić information content (AvgIpc) is 3.36. The Morgan fingerprint density at radius 1 is 1.05 bits per heavy atom. The summed E-state index contributed by atoms with van der Waals surface area (Å²) in [5, 5.41) is 4.77. The van der Waals surface area contributed by atoms with Crippen molar-refractivity contribution in [2.45, 2.75) is 77.0 Å². The first-order valence-corrected chi connectivity index (χ1v) is 14.5. The van der Waals surface area contributed by atoms with Crippen LogP contribution in [0.2, 0.25) is 0 Å². The molecule has 0 amide bonds. The number of anilines is 2. The molecule has 0 spiro atoms. The van der Waals surface area contributed by atoms with E-state index in [-0.39, 0.29) is 0 Å². The molecule has 0 bridgehead atoms. The molecule has 8 heteroatoms. The summed E-state index contributed by atoms with van der Waals surface area (Å²) in [5.74, 6) is 9.03. The minimum absolute atomic E-state index is 0.386. The van der Waals surface area contributed by atoms with Gasteiger partial charge >= 0.3 is 0 Å². The quantitative estimate of drug-likeness (QED) is 0.529. The Balaban J connectivity index is 1.41. The SMILES string of the molecule is COc1cc2c(NC3CCN(C(C)C)CC3)nc(N3CCCCC3)nc2cc1C#CCCN1CC[C@@H](F)C1. The molecule has 2 aromatic rings. The topological polar surface area (TPSA) is 56.8 Å². The highest BCUT2D eigenvalue weighted by molar-refractivity contribution is 5.93. The molecule has 0 saturated carbocycles. The molecule has 3 saturated heterocycles. The molecule has 0 radical (unpaired) electrons. The largest absolute Gasteiger partial charge is 0.495 e. The second-order valence-electron chi connectivity index (χ2n) is 11.3. The van der Waals surface area contributed by atoms with Gasteiger partial charge in [-0.3, -0.25) is 4.90 Å². The molecule has 1 atom stereocenters. The van der Waals surface area contributed by atoms with Gasteiger partial charge < -0.3 is 19.9 Å². The van der Waals surface area contributed by atoms with Crippen molar-refractivity contribution in [2.75, 3.05) is 63.1 Å². The van der Waals surface area contributed by atoms with Gasteiger partial charge in [-0.25, -0.2) is 9.37 Å². The number of methoxy groups -OCH3 is 1. The molecule has 206 valence electrons. The van der Waals surface area contributed by atoms with Crippen LogP contribution in [-0.2, 0) is 0 Å². The monoisotopic (exact) mass is 522 g/mol. The van der Waals surface area contributed by atoms with Crippen molar-refractivity contribution in [1.82, 2.24) is 19.8 Å². The molecular weight excluding hydrogens is 479 g/mol. The first-order chi connectivity index (χ1) is 18.5. The zero-order chi connectivity index (χ0) is 26.5. The van der Waals surface area contributed by atoms with Gasteiger partial charge in [0, 0.05) is 69.7 Å². The summed E-state index contributed by atoms with van der Waals surface area (Å²) in [7, 11) is 1.69. The van der Waals surface area contributed by atoms with E-state index in [1.807, 2.05) is 6.07 Å². The van der Waals surface area contributed by atoms with Crippen molar-refractivity contribution in [3.05, 3.63) is 17.7 Å². The predicted molar refractivity (Wildman–Crippen MR) is 153 cm³/mol. The number of aromatic nitrogens is 2. The van der Waals surface area contributed by atoms with Crippen LogP contribution in [0.25, 0.3) is 10.9 Å². The minimum atomic E-state index is -0.692. The molecule has 0 aliphatic carbocycles. The van der Waals surface area contributed by atoms with Crippen molar-refractivity contribution in [2.24, 2.45) is 0 Å². The van der Waals surface area contributed by atoms with Gasteiger partial charge in [-0.15, -0.1) is 0 Å². The summed E-state index contributed by atoms with van der Waals surface area (Å²) in [6.07, 6.45) is 6.48. The number of rotatable bonds is 7. The lowest BCUT2D eigenvalue weighted by Gasteiger charge is -2.35. The highest BCUT2D eigenvalue weighted by Gasteiger charge is 2.24. The third kappa shape index (κ3) is 6.50. The van der Waals surface area contributed by atoms with Crippen LogP contribution in [-0.4, -0.2) is 90.9 Å². The van der Waals surface area contributed by atoms with Crippen molar-refractivity contribution in [3.8, 4) is 17.6 Å². The molecule has 3 fully saturated rings. The number of benzene rings is 1. The van der Waals surface area contributed by atoms with Crippen molar-refractivity contribution < 1.29 is 9.13 Å². The van der Waals surface area contributed by atoms with E-state index in [2.05, 4.69) is 51.8 Å². The second kappa shape index (κ2) is 12.5. The minimum Gasteiger partial charge on any atom is -0.495 e. The summed E-state index contributed by atoms with van der Waals surface area (Å²) >= 11 is 0. The maximum absolute atomic E-state index is 13.5. The van der Waals surface area contributed by atoms with Crippen molar-refractivity contribution in [1.29, 1.82) is 0 Å². The standard InChI is InChI=1S/C30H43FN6O/c1-22(2)36-17-11-25(12-18-36)32-29-26-20-28(38-3)23(9-5-8-13-35-16-10-24(31)21-35)19-27(26)33-30(34-29)37-14-6-4-7-15-37/h19-20,22,24-25H,4,6-8,10-18,21H2,1-3H3,(H,32,33,34)/t24-/m1/s1. The van der Waals surface area contributed by atoms with Crippen LogP contribution in [0.5, 0.6) is 5.75 Å². The summed E-state index contributed by atoms with van der Waals surface area (Å²) < 4.78 is 19.2. The maximum Gasteiger partial charge on any atom is 0.227 e. The third-order valence-corrected chi connectivity index (χ3v) is 8.24. The number of likely N-dealkylation sites (tertiary alicyclic amines) is 2. The van der Waals surface area contributed by atoms with Crippen molar-refractivity contribution >= 4 is 22.7 Å². The molecule has 7 nitrogen and oxygen atoms in total. The summed E-state index contributed by atoms with van der Waals surface area (Å²) in [6.45, 7) is 10.9. The van der Waals surface area contributed by atoms with E-state index in [0.29, 0.717) is 31.5 Å². The van der Waals surface area contributed by atoms with Gasteiger partial charge in [0.25, 0.3) is 0 Å². The molecule has 0 unspecified atom stereocenters. The van der Waals surface area contributed by atoms with E-state index in [1.54, 1.807) is 7.11 Å². The van der Waals surface area contributed by atoms with Gasteiger partial charge in [-0.05, 0) is 64.5 Å². The Morgan fingerprint density at radius 2 is 1.84 bits per heavy atom. The van der Waals surface area contributed by atoms with Gasteiger partial charge in [-0.2, -0.15) is 4.98 Å². The van der Waals surface area contributed by atoms with Gasteiger partial charge in [0.2, 0.25) is 5.95 Å². The van der Waals surface area contributed by atoms with Gasteiger partial charge in [0.05, 0.1) is 18.2 Å². The number of nitrogens with zero attached hydrogens (tertiary/aromatic N) is 5. The molecule has 1 aromatic heterocycles.